The Balaban J connectivity index is 2.35. The average Bonchev–Trinajstić information content (AvgIpc) is 2.26. The van der Waals surface area contributed by atoms with Crippen molar-refractivity contribution in [2.24, 2.45) is 0 Å². The quantitative estimate of drug-likeness (QED) is 0.791. The molecule has 1 rings (SSSR count). The lowest BCUT2D eigenvalue weighted by Crippen LogP contribution is -2.32. The molecule has 1 unspecified atom stereocenters. The SMILES string of the molecule is CC(CC(=O)O)N(C)CCc1ccncc1. The van der Waals surface area contributed by atoms with Crippen LogP contribution in [0.1, 0.15) is 18.9 Å². The topological polar surface area (TPSA) is 53.4 Å². The van der Waals surface area contributed by atoms with Gasteiger partial charge in [0.15, 0.2) is 0 Å². The maximum absolute atomic E-state index is 10.6. The predicted octanol–water partition coefficient (Wildman–Crippen LogP) is 1.42. The molecule has 0 spiro atoms. The molecule has 1 aromatic heterocycles. The van der Waals surface area contributed by atoms with Crippen LogP contribution in [0.2, 0.25) is 0 Å². The molecule has 1 atom stereocenters. The molecule has 0 bridgehead atoms. The molecule has 0 aromatic carbocycles. The van der Waals surface area contributed by atoms with Gasteiger partial charge < -0.3 is 10.0 Å². The van der Waals surface area contributed by atoms with Gasteiger partial charge in [-0.2, -0.15) is 0 Å². The molecular formula is C12H18N2O2. The first-order chi connectivity index (χ1) is 7.59. The van der Waals surface area contributed by atoms with Crippen molar-refractivity contribution in [3.05, 3.63) is 30.1 Å². The van der Waals surface area contributed by atoms with Crippen LogP contribution in [0, 0.1) is 0 Å². The highest BCUT2D eigenvalue weighted by Crippen LogP contribution is 2.04. The molecule has 0 saturated heterocycles. The summed E-state index contributed by atoms with van der Waals surface area (Å²) in [6.07, 6.45) is 4.65. The highest BCUT2D eigenvalue weighted by molar-refractivity contribution is 5.67. The van der Waals surface area contributed by atoms with Crippen LogP contribution in [-0.4, -0.2) is 40.6 Å². The fourth-order valence-electron chi connectivity index (χ4n) is 1.48. The van der Waals surface area contributed by atoms with E-state index < -0.39 is 5.97 Å². The van der Waals surface area contributed by atoms with Crippen molar-refractivity contribution < 1.29 is 9.90 Å². The van der Waals surface area contributed by atoms with Crippen LogP contribution in [0.4, 0.5) is 0 Å². The van der Waals surface area contributed by atoms with Crippen LogP contribution in [-0.2, 0) is 11.2 Å². The second kappa shape index (κ2) is 6.23. The van der Waals surface area contributed by atoms with Crippen molar-refractivity contribution in [2.45, 2.75) is 25.8 Å². The number of carboxylic acids is 1. The summed E-state index contributed by atoms with van der Waals surface area (Å²) in [5, 5.41) is 8.68. The number of nitrogens with zero attached hydrogens (tertiary/aromatic N) is 2. The monoisotopic (exact) mass is 222 g/mol. The zero-order valence-corrected chi connectivity index (χ0v) is 9.76. The third-order valence-corrected chi connectivity index (χ3v) is 2.73. The summed E-state index contributed by atoms with van der Waals surface area (Å²) in [4.78, 5) is 16.6. The zero-order valence-electron chi connectivity index (χ0n) is 9.76. The average molecular weight is 222 g/mol. The maximum Gasteiger partial charge on any atom is 0.304 e. The van der Waals surface area contributed by atoms with Crippen molar-refractivity contribution in [2.75, 3.05) is 13.6 Å². The smallest absolute Gasteiger partial charge is 0.304 e. The van der Waals surface area contributed by atoms with Crippen molar-refractivity contribution in [1.82, 2.24) is 9.88 Å². The molecule has 0 fully saturated rings. The molecular weight excluding hydrogens is 204 g/mol. The Labute approximate surface area is 95.9 Å². The largest absolute Gasteiger partial charge is 0.481 e. The van der Waals surface area contributed by atoms with Crippen molar-refractivity contribution >= 4 is 5.97 Å². The minimum atomic E-state index is -0.747. The zero-order chi connectivity index (χ0) is 12.0. The van der Waals surface area contributed by atoms with E-state index in [4.69, 9.17) is 5.11 Å². The minimum absolute atomic E-state index is 0.0688. The lowest BCUT2D eigenvalue weighted by Gasteiger charge is -2.23. The van der Waals surface area contributed by atoms with E-state index in [0.717, 1.165) is 13.0 Å². The molecule has 0 aliphatic carbocycles. The van der Waals surface area contributed by atoms with E-state index in [9.17, 15) is 4.79 Å². The first-order valence-corrected chi connectivity index (χ1v) is 5.40. The summed E-state index contributed by atoms with van der Waals surface area (Å²) in [7, 11) is 1.95. The molecule has 1 N–H and O–H groups in total. The summed E-state index contributed by atoms with van der Waals surface area (Å²) >= 11 is 0. The number of carboxylic acid groups (broad SMARTS) is 1. The second-order valence-electron chi connectivity index (χ2n) is 4.03. The van der Waals surface area contributed by atoms with Crippen LogP contribution >= 0.6 is 0 Å². The Hall–Kier alpha value is -1.42. The number of pyridine rings is 1. The van der Waals surface area contributed by atoms with E-state index in [2.05, 4.69) is 9.88 Å². The Kier molecular flexibility index (Phi) is 4.92. The van der Waals surface area contributed by atoms with Gasteiger partial charge in [0.2, 0.25) is 0 Å². The lowest BCUT2D eigenvalue weighted by atomic mass is 10.1. The molecule has 16 heavy (non-hydrogen) atoms. The van der Waals surface area contributed by atoms with Crippen LogP contribution in [0.15, 0.2) is 24.5 Å². The number of carbonyl (C=O) groups is 1. The molecule has 88 valence electrons. The van der Waals surface area contributed by atoms with Crippen LogP contribution in [0.3, 0.4) is 0 Å². The number of hydrogen-bond donors (Lipinski definition) is 1. The van der Waals surface area contributed by atoms with E-state index >= 15 is 0 Å². The van der Waals surface area contributed by atoms with E-state index in [1.807, 2.05) is 26.1 Å². The van der Waals surface area contributed by atoms with E-state index in [1.54, 1.807) is 12.4 Å². The summed E-state index contributed by atoms with van der Waals surface area (Å²) in [6.45, 7) is 2.79. The molecule has 1 aromatic rings. The van der Waals surface area contributed by atoms with E-state index in [1.165, 1.54) is 5.56 Å². The van der Waals surface area contributed by atoms with Gasteiger partial charge in [-0.3, -0.25) is 9.78 Å². The number of aromatic nitrogens is 1. The Morgan fingerprint density at radius 3 is 2.69 bits per heavy atom. The van der Waals surface area contributed by atoms with E-state index in [-0.39, 0.29) is 12.5 Å². The van der Waals surface area contributed by atoms with E-state index in [0.29, 0.717) is 0 Å². The first kappa shape index (κ1) is 12.6. The lowest BCUT2D eigenvalue weighted by molar-refractivity contribution is -0.138. The molecule has 0 radical (unpaired) electrons. The van der Waals surface area contributed by atoms with Gasteiger partial charge in [-0.25, -0.2) is 0 Å². The van der Waals surface area contributed by atoms with Gasteiger partial charge in [0.25, 0.3) is 0 Å². The standard InChI is InChI=1S/C12H18N2O2/c1-10(9-12(15)16)14(2)8-5-11-3-6-13-7-4-11/h3-4,6-7,10H,5,8-9H2,1-2H3,(H,15,16). The van der Waals surface area contributed by atoms with Crippen molar-refractivity contribution in [1.29, 1.82) is 0 Å². The highest BCUT2D eigenvalue weighted by atomic mass is 16.4. The fourth-order valence-corrected chi connectivity index (χ4v) is 1.48. The summed E-state index contributed by atoms with van der Waals surface area (Å²) in [5.41, 5.74) is 1.23. The van der Waals surface area contributed by atoms with Gasteiger partial charge in [0.05, 0.1) is 6.42 Å². The number of aliphatic carboxylic acids is 1. The summed E-state index contributed by atoms with van der Waals surface area (Å²) in [6, 6.07) is 4.03. The van der Waals surface area contributed by atoms with Gasteiger partial charge in [-0.1, -0.05) is 0 Å². The molecule has 0 aliphatic rings. The molecule has 0 amide bonds. The Morgan fingerprint density at radius 2 is 2.12 bits per heavy atom. The number of likely N-dealkylation sites (N-methyl/N-ethyl adjacent to an activating group) is 1. The Bertz CT molecular complexity index is 327. The van der Waals surface area contributed by atoms with Gasteiger partial charge in [0.1, 0.15) is 0 Å². The molecule has 4 nitrogen and oxygen atoms in total. The summed E-state index contributed by atoms with van der Waals surface area (Å²) < 4.78 is 0. The van der Waals surface area contributed by atoms with Gasteiger partial charge in [0, 0.05) is 25.0 Å². The highest BCUT2D eigenvalue weighted by Gasteiger charge is 2.12. The van der Waals surface area contributed by atoms with Crippen LogP contribution < -0.4 is 0 Å². The normalized spacial score (nSPS) is 12.7. The number of rotatable bonds is 6. The molecule has 0 saturated carbocycles. The molecule has 0 aliphatic heterocycles. The van der Waals surface area contributed by atoms with Gasteiger partial charge in [-0.15, -0.1) is 0 Å². The third kappa shape index (κ3) is 4.40. The third-order valence-electron chi connectivity index (χ3n) is 2.73. The minimum Gasteiger partial charge on any atom is -0.481 e. The second-order valence-corrected chi connectivity index (χ2v) is 4.03. The van der Waals surface area contributed by atoms with Gasteiger partial charge in [-0.05, 0) is 38.1 Å². The van der Waals surface area contributed by atoms with Crippen LogP contribution in [0.25, 0.3) is 0 Å². The fraction of sp³-hybridized carbons (Fsp3) is 0.500. The Morgan fingerprint density at radius 1 is 1.50 bits per heavy atom. The maximum atomic E-state index is 10.6. The first-order valence-electron chi connectivity index (χ1n) is 5.40. The molecule has 4 heteroatoms. The van der Waals surface area contributed by atoms with Crippen molar-refractivity contribution in [3.63, 3.8) is 0 Å². The predicted molar refractivity (Wildman–Crippen MR) is 62.3 cm³/mol. The van der Waals surface area contributed by atoms with Crippen LogP contribution in [0.5, 0.6) is 0 Å². The molecule has 1 heterocycles. The number of hydrogen-bond acceptors (Lipinski definition) is 3. The van der Waals surface area contributed by atoms with Crippen molar-refractivity contribution in [3.8, 4) is 0 Å². The summed E-state index contributed by atoms with van der Waals surface area (Å²) in [5.74, 6) is -0.747. The van der Waals surface area contributed by atoms with Gasteiger partial charge >= 0.3 is 5.97 Å².